The predicted octanol–water partition coefficient (Wildman–Crippen LogP) is 3.26. The fourth-order valence-electron chi connectivity index (χ4n) is 2.52. The van der Waals surface area contributed by atoms with Crippen molar-refractivity contribution in [2.75, 3.05) is 13.7 Å². The quantitative estimate of drug-likeness (QED) is 0.804. The summed E-state index contributed by atoms with van der Waals surface area (Å²) in [4.78, 5) is 23.5. The van der Waals surface area contributed by atoms with Gasteiger partial charge in [0.2, 0.25) is 0 Å². The number of benzene rings is 1. The zero-order valence-corrected chi connectivity index (χ0v) is 14.9. The number of aromatic carboxylic acids is 1. The standard InChI is InChI=1S/C19H23NO5/c1-5-15-14(18(22)23)10-16(25-15)17(21)20-11-19(2,3)12-6-8-13(24-4)9-7-12/h6-10H,5,11H2,1-4H3,(H,20,21)(H,22,23). The highest BCUT2D eigenvalue weighted by Gasteiger charge is 2.24. The van der Waals surface area contributed by atoms with E-state index in [4.69, 9.17) is 14.3 Å². The highest BCUT2D eigenvalue weighted by molar-refractivity contribution is 5.96. The van der Waals surface area contributed by atoms with Crippen molar-refractivity contribution in [3.05, 3.63) is 53.0 Å². The molecule has 1 aromatic carbocycles. The van der Waals surface area contributed by atoms with Crippen LogP contribution in [0.3, 0.4) is 0 Å². The normalized spacial score (nSPS) is 11.2. The third-order valence-electron chi connectivity index (χ3n) is 4.15. The van der Waals surface area contributed by atoms with Gasteiger partial charge in [-0.25, -0.2) is 4.79 Å². The van der Waals surface area contributed by atoms with Crippen LogP contribution in [0.5, 0.6) is 5.75 Å². The predicted molar refractivity (Wildman–Crippen MR) is 93.4 cm³/mol. The molecule has 1 heterocycles. The molecular formula is C19H23NO5. The van der Waals surface area contributed by atoms with Crippen molar-refractivity contribution in [3.8, 4) is 5.75 Å². The van der Waals surface area contributed by atoms with Crippen LogP contribution in [0.4, 0.5) is 0 Å². The molecule has 1 amide bonds. The number of rotatable bonds is 7. The van der Waals surface area contributed by atoms with Gasteiger partial charge in [0.1, 0.15) is 17.1 Å². The molecule has 6 heteroatoms. The Labute approximate surface area is 146 Å². The molecule has 2 aromatic rings. The second-order valence-corrected chi connectivity index (χ2v) is 6.40. The van der Waals surface area contributed by atoms with E-state index in [1.165, 1.54) is 6.07 Å². The van der Waals surface area contributed by atoms with Gasteiger partial charge in [0, 0.05) is 24.4 Å². The average molecular weight is 345 g/mol. The van der Waals surface area contributed by atoms with E-state index < -0.39 is 11.9 Å². The van der Waals surface area contributed by atoms with Gasteiger partial charge in [0.25, 0.3) is 5.91 Å². The number of amides is 1. The smallest absolute Gasteiger partial charge is 0.339 e. The summed E-state index contributed by atoms with van der Waals surface area (Å²) in [5.74, 6) is -0.443. The molecule has 0 aliphatic carbocycles. The lowest BCUT2D eigenvalue weighted by Crippen LogP contribution is -2.36. The molecule has 0 fully saturated rings. The number of furan rings is 1. The van der Waals surface area contributed by atoms with Gasteiger partial charge in [-0.05, 0) is 17.7 Å². The molecule has 6 nitrogen and oxygen atoms in total. The van der Waals surface area contributed by atoms with Crippen LogP contribution >= 0.6 is 0 Å². The van der Waals surface area contributed by atoms with E-state index in [9.17, 15) is 9.59 Å². The van der Waals surface area contributed by atoms with Crippen LogP contribution in [0.2, 0.25) is 0 Å². The molecule has 1 aromatic heterocycles. The number of carboxylic acids is 1. The van der Waals surface area contributed by atoms with E-state index >= 15 is 0 Å². The number of carboxylic acid groups (broad SMARTS) is 1. The number of hydrogen-bond donors (Lipinski definition) is 2. The van der Waals surface area contributed by atoms with Gasteiger partial charge in [0.15, 0.2) is 5.76 Å². The molecule has 0 aliphatic heterocycles. The maximum absolute atomic E-state index is 12.3. The summed E-state index contributed by atoms with van der Waals surface area (Å²) in [5, 5.41) is 12.0. The molecule has 2 N–H and O–H groups in total. The summed E-state index contributed by atoms with van der Waals surface area (Å²) < 4.78 is 10.5. The third kappa shape index (κ3) is 4.21. The van der Waals surface area contributed by atoms with Gasteiger partial charge in [0.05, 0.1) is 7.11 Å². The molecule has 0 saturated carbocycles. The SMILES string of the molecule is CCc1oc(C(=O)NCC(C)(C)c2ccc(OC)cc2)cc1C(=O)O. The fourth-order valence-corrected chi connectivity index (χ4v) is 2.52. The van der Waals surface area contributed by atoms with Crippen LogP contribution in [-0.4, -0.2) is 30.6 Å². The van der Waals surface area contributed by atoms with Gasteiger partial charge in [-0.3, -0.25) is 4.79 Å². The Hall–Kier alpha value is -2.76. The van der Waals surface area contributed by atoms with Crippen molar-refractivity contribution in [3.63, 3.8) is 0 Å². The van der Waals surface area contributed by atoms with Gasteiger partial charge in [-0.15, -0.1) is 0 Å². The molecule has 0 aliphatic rings. The van der Waals surface area contributed by atoms with Gasteiger partial charge >= 0.3 is 5.97 Å². The van der Waals surface area contributed by atoms with Crippen molar-refractivity contribution in [1.29, 1.82) is 0 Å². The van der Waals surface area contributed by atoms with Crippen LogP contribution in [0, 0.1) is 0 Å². The molecule has 2 rings (SSSR count). The van der Waals surface area contributed by atoms with Crippen LogP contribution < -0.4 is 10.1 Å². The molecular weight excluding hydrogens is 322 g/mol. The van der Waals surface area contributed by atoms with Crippen LogP contribution in [0.1, 0.15) is 53.0 Å². The zero-order valence-electron chi connectivity index (χ0n) is 14.9. The first kappa shape index (κ1) is 18.6. The Morgan fingerprint density at radius 2 is 1.88 bits per heavy atom. The highest BCUT2D eigenvalue weighted by Crippen LogP contribution is 2.25. The van der Waals surface area contributed by atoms with Crippen molar-refractivity contribution in [1.82, 2.24) is 5.32 Å². The lowest BCUT2D eigenvalue weighted by Gasteiger charge is -2.25. The number of methoxy groups -OCH3 is 1. The maximum Gasteiger partial charge on any atom is 0.339 e. The first-order valence-corrected chi connectivity index (χ1v) is 8.07. The minimum Gasteiger partial charge on any atom is -0.497 e. The topological polar surface area (TPSA) is 88.8 Å². The summed E-state index contributed by atoms with van der Waals surface area (Å²) in [7, 11) is 1.61. The van der Waals surface area contributed by atoms with Gasteiger partial charge < -0.3 is 19.6 Å². The fraction of sp³-hybridized carbons (Fsp3) is 0.368. The molecule has 0 bridgehead atoms. The summed E-state index contributed by atoms with van der Waals surface area (Å²) in [6.45, 7) is 6.18. The van der Waals surface area contributed by atoms with E-state index in [1.807, 2.05) is 38.1 Å². The first-order valence-electron chi connectivity index (χ1n) is 8.07. The second kappa shape index (κ2) is 7.42. The van der Waals surface area contributed by atoms with E-state index in [0.29, 0.717) is 18.7 Å². The van der Waals surface area contributed by atoms with Gasteiger partial charge in [-0.2, -0.15) is 0 Å². The molecule has 0 unspecified atom stereocenters. The summed E-state index contributed by atoms with van der Waals surface area (Å²) in [6, 6.07) is 8.93. The molecule has 0 radical (unpaired) electrons. The number of aryl methyl sites for hydroxylation is 1. The van der Waals surface area contributed by atoms with E-state index in [0.717, 1.165) is 11.3 Å². The Morgan fingerprint density at radius 3 is 2.36 bits per heavy atom. The Kier molecular flexibility index (Phi) is 5.51. The number of carbonyl (C=O) groups excluding carboxylic acids is 1. The Bertz CT molecular complexity index is 759. The van der Waals surface area contributed by atoms with Crippen LogP contribution in [0.25, 0.3) is 0 Å². The summed E-state index contributed by atoms with van der Waals surface area (Å²) in [6.07, 6.45) is 0.409. The second-order valence-electron chi connectivity index (χ2n) is 6.40. The van der Waals surface area contributed by atoms with Crippen molar-refractivity contribution in [2.24, 2.45) is 0 Å². The Balaban J connectivity index is 2.08. The molecule has 134 valence electrons. The molecule has 0 spiro atoms. The van der Waals surface area contributed by atoms with Gasteiger partial charge in [-0.1, -0.05) is 32.9 Å². The number of nitrogens with one attached hydrogen (secondary N) is 1. The highest BCUT2D eigenvalue weighted by atomic mass is 16.5. The minimum atomic E-state index is -1.10. The largest absolute Gasteiger partial charge is 0.497 e. The van der Waals surface area contributed by atoms with Crippen LogP contribution in [-0.2, 0) is 11.8 Å². The maximum atomic E-state index is 12.3. The van der Waals surface area contributed by atoms with Crippen LogP contribution in [0.15, 0.2) is 34.7 Å². The van der Waals surface area contributed by atoms with E-state index in [-0.39, 0.29) is 16.7 Å². The van der Waals surface area contributed by atoms with Crippen molar-refractivity contribution >= 4 is 11.9 Å². The lowest BCUT2D eigenvalue weighted by molar-refractivity contribution is 0.0694. The Morgan fingerprint density at radius 1 is 1.24 bits per heavy atom. The number of carbonyl (C=O) groups is 2. The molecule has 25 heavy (non-hydrogen) atoms. The minimum absolute atomic E-state index is 0.0137. The third-order valence-corrected chi connectivity index (χ3v) is 4.15. The summed E-state index contributed by atoms with van der Waals surface area (Å²) >= 11 is 0. The van der Waals surface area contributed by atoms with Crippen molar-refractivity contribution < 1.29 is 23.8 Å². The first-order chi connectivity index (χ1) is 11.8. The summed E-state index contributed by atoms with van der Waals surface area (Å²) in [5.41, 5.74) is 0.771. The van der Waals surface area contributed by atoms with Crippen molar-refractivity contribution in [2.45, 2.75) is 32.6 Å². The number of ether oxygens (including phenoxy) is 1. The lowest BCUT2D eigenvalue weighted by atomic mass is 9.84. The molecule has 0 saturated heterocycles. The van der Waals surface area contributed by atoms with E-state index in [1.54, 1.807) is 14.0 Å². The van der Waals surface area contributed by atoms with E-state index in [2.05, 4.69) is 5.32 Å². The zero-order chi connectivity index (χ0) is 18.6. The monoisotopic (exact) mass is 345 g/mol. The number of hydrogen-bond acceptors (Lipinski definition) is 4. The molecule has 0 atom stereocenters. The average Bonchev–Trinajstić information content (AvgIpc) is 3.04.